The molecule has 5 heteroatoms. The van der Waals surface area contributed by atoms with Crippen molar-refractivity contribution in [3.63, 3.8) is 0 Å². The van der Waals surface area contributed by atoms with Crippen molar-refractivity contribution in [2.75, 3.05) is 18.5 Å². The number of aromatic carboxylic acids is 1. The Labute approximate surface area is 106 Å². The van der Waals surface area contributed by atoms with Gasteiger partial charge in [0.1, 0.15) is 0 Å². The molecular weight excluding hydrogens is 234 g/mol. The summed E-state index contributed by atoms with van der Waals surface area (Å²) in [6, 6.07) is 6.06. The molecule has 0 saturated heterocycles. The van der Waals surface area contributed by atoms with Crippen LogP contribution in [-0.4, -0.2) is 30.2 Å². The van der Waals surface area contributed by atoms with Crippen LogP contribution in [0, 0.1) is 0 Å². The molecule has 1 amide bonds. The molecule has 0 saturated carbocycles. The number of carboxylic acid groups (broad SMARTS) is 1. The highest BCUT2D eigenvalue weighted by Crippen LogP contribution is 2.10. The Bertz CT molecular complexity index is 400. The molecule has 0 unspecified atom stereocenters. The van der Waals surface area contributed by atoms with Crippen LogP contribution in [0.4, 0.5) is 5.69 Å². The number of carbonyl (C=O) groups excluding carboxylic acids is 1. The first-order chi connectivity index (χ1) is 8.63. The highest BCUT2D eigenvalue weighted by atomic mass is 16.5. The summed E-state index contributed by atoms with van der Waals surface area (Å²) in [6.07, 6.45) is 1.06. The summed E-state index contributed by atoms with van der Waals surface area (Å²) in [5.74, 6) is -1.08. The van der Waals surface area contributed by atoms with Gasteiger partial charge < -0.3 is 15.2 Å². The van der Waals surface area contributed by atoms with Crippen LogP contribution in [-0.2, 0) is 9.53 Å². The predicted octanol–water partition coefficient (Wildman–Crippen LogP) is 2.14. The quantitative estimate of drug-likeness (QED) is 0.728. The second kappa shape index (κ2) is 7.45. The first-order valence-electron chi connectivity index (χ1n) is 5.84. The minimum Gasteiger partial charge on any atom is -0.478 e. The molecule has 98 valence electrons. The molecule has 0 atom stereocenters. The van der Waals surface area contributed by atoms with Gasteiger partial charge in [-0.1, -0.05) is 0 Å². The molecule has 2 N–H and O–H groups in total. The largest absolute Gasteiger partial charge is 0.478 e. The maximum Gasteiger partial charge on any atom is 0.335 e. The number of nitrogens with one attached hydrogen (secondary N) is 1. The molecule has 0 spiro atoms. The Balaban J connectivity index is 2.37. The highest BCUT2D eigenvalue weighted by Gasteiger charge is 2.04. The molecule has 5 nitrogen and oxygen atoms in total. The van der Waals surface area contributed by atoms with Gasteiger partial charge in [0.2, 0.25) is 5.91 Å². The van der Waals surface area contributed by atoms with E-state index in [0.717, 1.165) is 0 Å². The summed E-state index contributed by atoms with van der Waals surface area (Å²) >= 11 is 0. The number of carbonyl (C=O) groups is 2. The number of anilines is 1. The van der Waals surface area contributed by atoms with Gasteiger partial charge in [0.05, 0.1) is 5.56 Å². The minimum absolute atomic E-state index is 0.0993. The van der Waals surface area contributed by atoms with Crippen molar-refractivity contribution >= 4 is 17.6 Å². The molecule has 1 rings (SSSR count). The molecule has 0 aromatic heterocycles. The van der Waals surface area contributed by atoms with Crippen molar-refractivity contribution < 1.29 is 19.4 Å². The van der Waals surface area contributed by atoms with E-state index in [1.807, 2.05) is 6.92 Å². The van der Waals surface area contributed by atoms with Gasteiger partial charge in [0, 0.05) is 25.3 Å². The number of carboxylic acids is 1. The van der Waals surface area contributed by atoms with Crippen LogP contribution in [0.2, 0.25) is 0 Å². The zero-order valence-corrected chi connectivity index (χ0v) is 10.3. The molecule has 0 bridgehead atoms. The normalized spacial score (nSPS) is 10.1. The van der Waals surface area contributed by atoms with Crippen LogP contribution < -0.4 is 5.32 Å². The summed E-state index contributed by atoms with van der Waals surface area (Å²) in [4.78, 5) is 22.1. The molecule has 1 aromatic carbocycles. The van der Waals surface area contributed by atoms with Crippen molar-refractivity contribution in [1.82, 2.24) is 0 Å². The van der Waals surface area contributed by atoms with Crippen LogP contribution in [0.3, 0.4) is 0 Å². The lowest BCUT2D eigenvalue weighted by molar-refractivity contribution is -0.116. The van der Waals surface area contributed by atoms with Crippen molar-refractivity contribution in [2.45, 2.75) is 19.8 Å². The third-order valence-electron chi connectivity index (χ3n) is 2.31. The third kappa shape index (κ3) is 4.97. The standard InChI is InChI=1S/C13H17NO4/c1-2-18-9-3-4-12(15)14-11-7-5-10(6-8-11)13(16)17/h5-8H,2-4,9H2,1H3,(H,14,15)(H,16,17). The van der Waals surface area contributed by atoms with E-state index in [1.165, 1.54) is 12.1 Å². The van der Waals surface area contributed by atoms with Crippen LogP contribution >= 0.6 is 0 Å². The van der Waals surface area contributed by atoms with Crippen LogP contribution in [0.5, 0.6) is 0 Å². The van der Waals surface area contributed by atoms with Crippen LogP contribution in [0.25, 0.3) is 0 Å². The molecule has 0 aliphatic heterocycles. The molecule has 0 radical (unpaired) electrons. The lowest BCUT2D eigenvalue weighted by Crippen LogP contribution is -2.12. The van der Waals surface area contributed by atoms with Gasteiger partial charge in [0.15, 0.2) is 0 Å². The molecule has 1 aromatic rings. The van der Waals surface area contributed by atoms with Crippen molar-refractivity contribution in [3.05, 3.63) is 29.8 Å². The van der Waals surface area contributed by atoms with E-state index in [4.69, 9.17) is 9.84 Å². The number of hydrogen-bond acceptors (Lipinski definition) is 3. The number of rotatable bonds is 7. The summed E-state index contributed by atoms with van der Waals surface area (Å²) in [7, 11) is 0. The zero-order chi connectivity index (χ0) is 13.4. The molecular formula is C13H17NO4. The Kier molecular flexibility index (Phi) is 5.87. The first-order valence-corrected chi connectivity index (χ1v) is 5.84. The van der Waals surface area contributed by atoms with Crippen molar-refractivity contribution in [2.24, 2.45) is 0 Å². The molecule has 0 aliphatic rings. The topological polar surface area (TPSA) is 75.6 Å². The summed E-state index contributed by atoms with van der Waals surface area (Å²) < 4.78 is 5.13. The van der Waals surface area contributed by atoms with E-state index in [0.29, 0.717) is 31.7 Å². The lowest BCUT2D eigenvalue weighted by atomic mass is 10.2. The van der Waals surface area contributed by atoms with E-state index in [9.17, 15) is 9.59 Å². The zero-order valence-electron chi connectivity index (χ0n) is 10.3. The summed E-state index contributed by atoms with van der Waals surface area (Å²) in [5, 5.41) is 11.4. The maximum absolute atomic E-state index is 11.5. The Hall–Kier alpha value is -1.88. The fourth-order valence-corrected chi connectivity index (χ4v) is 1.40. The van der Waals surface area contributed by atoms with Gasteiger partial charge in [-0.3, -0.25) is 4.79 Å². The molecule has 0 aliphatic carbocycles. The monoisotopic (exact) mass is 251 g/mol. The number of benzene rings is 1. The van der Waals surface area contributed by atoms with Crippen molar-refractivity contribution in [1.29, 1.82) is 0 Å². The minimum atomic E-state index is -0.982. The Morgan fingerprint density at radius 2 is 1.94 bits per heavy atom. The molecule has 0 fully saturated rings. The van der Waals surface area contributed by atoms with Gasteiger partial charge in [-0.25, -0.2) is 4.79 Å². The Morgan fingerprint density at radius 1 is 1.28 bits per heavy atom. The lowest BCUT2D eigenvalue weighted by Gasteiger charge is -2.05. The van der Waals surface area contributed by atoms with Gasteiger partial charge in [-0.05, 0) is 37.6 Å². The van der Waals surface area contributed by atoms with Crippen LogP contribution in [0.1, 0.15) is 30.1 Å². The maximum atomic E-state index is 11.5. The Morgan fingerprint density at radius 3 is 2.50 bits per heavy atom. The second-order valence-electron chi connectivity index (χ2n) is 3.73. The summed E-state index contributed by atoms with van der Waals surface area (Å²) in [5.41, 5.74) is 0.797. The SMILES string of the molecule is CCOCCCC(=O)Nc1ccc(C(=O)O)cc1. The molecule has 0 heterocycles. The van der Waals surface area contributed by atoms with E-state index >= 15 is 0 Å². The van der Waals surface area contributed by atoms with E-state index < -0.39 is 5.97 Å². The fourth-order valence-electron chi connectivity index (χ4n) is 1.40. The average molecular weight is 251 g/mol. The van der Waals surface area contributed by atoms with Gasteiger partial charge in [-0.15, -0.1) is 0 Å². The smallest absolute Gasteiger partial charge is 0.335 e. The van der Waals surface area contributed by atoms with Crippen molar-refractivity contribution in [3.8, 4) is 0 Å². The van der Waals surface area contributed by atoms with E-state index in [-0.39, 0.29) is 11.5 Å². The second-order valence-corrected chi connectivity index (χ2v) is 3.73. The molecule has 18 heavy (non-hydrogen) atoms. The van der Waals surface area contributed by atoms with Gasteiger partial charge in [-0.2, -0.15) is 0 Å². The van der Waals surface area contributed by atoms with E-state index in [2.05, 4.69) is 5.32 Å². The number of amides is 1. The number of ether oxygens (including phenoxy) is 1. The predicted molar refractivity (Wildman–Crippen MR) is 67.8 cm³/mol. The fraction of sp³-hybridized carbons (Fsp3) is 0.385. The van der Waals surface area contributed by atoms with Gasteiger partial charge >= 0.3 is 5.97 Å². The van der Waals surface area contributed by atoms with Crippen LogP contribution in [0.15, 0.2) is 24.3 Å². The highest BCUT2D eigenvalue weighted by molar-refractivity contribution is 5.92. The van der Waals surface area contributed by atoms with Gasteiger partial charge in [0.25, 0.3) is 0 Å². The van der Waals surface area contributed by atoms with E-state index in [1.54, 1.807) is 12.1 Å². The first kappa shape index (κ1) is 14.2. The summed E-state index contributed by atoms with van der Waals surface area (Å²) in [6.45, 7) is 3.13. The third-order valence-corrected chi connectivity index (χ3v) is 2.31. The average Bonchev–Trinajstić information content (AvgIpc) is 2.35. The number of hydrogen-bond donors (Lipinski definition) is 2.